The van der Waals surface area contributed by atoms with Crippen LogP contribution in [0.15, 0.2) is 108 Å². The predicted octanol–water partition coefficient (Wildman–Crippen LogP) is 7.76. The molecule has 0 aliphatic carbocycles. The summed E-state index contributed by atoms with van der Waals surface area (Å²) in [5, 5.41) is 3.27. The van der Waals surface area contributed by atoms with Crippen molar-refractivity contribution in [2.75, 3.05) is 17.4 Å². The van der Waals surface area contributed by atoms with E-state index >= 15 is 0 Å². The van der Waals surface area contributed by atoms with Crippen molar-refractivity contribution in [3.05, 3.63) is 130 Å². The third-order valence-corrected chi connectivity index (χ3v) is 10.1. The number of benzene rings is 4. The lowest BCUT2D eigenvalue weighted by atomic mass is 10.0. The zero-order chi connectivity index (χ0) is 34.9. The molecule has 2 amide bonds. The number of sulfonamides is 1. The Balaban J connectivity index is 1.85. The van der Waals surface area contributed by atoms with E-state index in [-0.39, 0.29) is 33.6 Å². The topological polar surface area (TPSA) is 86.8 Å². The third-order valence-electron chi connectivity index (χ3n) is 7.56. The van der Waals surface area contributed by atoms with E-state index in [2.05, 4.69) is 5.32 Å². The first kappa shape index (κ1) is 36.8. The summed E-state index contributed by atoms with van der Waals surface area (Å²) in [6.45, 7) is 1.05. The van der Waals surface area contributed by atoms with Crippen molar-refractivity contribution in [2.45, 2.75) is 49.8 Å². The smallest absolute Gasteiger partial charge is 0.354 e. The molecule has 0 bridgehead atoms. The molecule has 0 saturated carbocycles. The van der Waals surface area contributed by atoms with E-state index < -0.39 is 46.2 Å². The molecular weight excluding hydrogens is 686 g/mol. The van der Waals surface area contributed by atoms with E-state index in [1.807, 2.05) is 6.92 Å². The van der Waals surface area contributed by atoms with Gasteiger partial charge in [0.25, 0.3) is 10.0 Å². The molecule has 13 heteroatoms. The molecule has 0 radical (unpaired) electrons. The highest BCUT2D eigenvalue weighted by molar-refractivity contribution is 7.92. The summed E-state index contributed by atoms with van der Waals surface area (Å²) in [6.07, 6.45) is -3.27. The Labute approximate surface area is 288 Å². The molecule has 0 heterocycles. The Morgan fingerprint density at radius 2 is 1.46 bits per heavy atom. The molecule has 4 aromatic carbocycles. The van der Waals surface area contributed by atoms with Crippen molar-refractivity contribution in [1.82, 2.24) is 10.2 Å². The first-order chi connectivity index (χ1) is 22.8. The van der Waals surface area contributed by atoms with Crippen LogP contribution in [-0.4, -0.2) is 44.3 Å². The van der Waals surface area contributed by atoms with Crippen molar-refractivity contribution < 1.29 is 31.2 Å². The molecule has 1 N–H and O–H groups in total. The van der Waals surface area contributed by atoms with E-state index in [0.29, 0.717) is 34.5 Å². The van der Waals surface area contributed by atoms with Gasteiger partial charge in [-0.05, 0) is 54.4 Å². The van der Waals surface area contributed by atoms with E-state index in [1.165, 1.54) is 35.2 Å². The predicted molar refractivity (Wildman–Crippen MR) is 181 cm³/mol. The van der Waals surface area contributed by atoms with E-state index in [9.17, 15) is 31.2 Å². The average Bonchev–Trinajstić information content (AvgIpc) is 3.06. The van der Waals surface area contributed by atoms with Gasteiger partial charge in [0.1, 0.15) is 12.6 Å². The number of anilines is 1. The van der Waals surface area contributed by atoms with Gasteiger partial charge in [0.2, 0.25) is 11.8 Å². The van der Waals surface area contributed by atoms with Crippen LogP contribution in [0.3, 0.4) is 0 Å². The fourth-order valence-electron chi connectivity index (χ4n) is 5.00. The molecule has 48 heavy (non-hydrogen) atoms. The summed E-state index contributed by atoms with van der Waals surface area (Å²) < 4.78 is 70.0. The molecule has 0 aromatic heterocycles. The number of alkyl halides is 3. The van der Waals surface area contributed by atoms with Crippen LogP contribution in [0.4, 0.5) is 18.9 Å². The number of carbonyl (C=O) groups excluding carboxylic acids is 2. The molecule has 0 aliphatic heterocycles. The fraction of sp³-hybridized carbons (Fsp3) is 0.257. The second kappa shape index (κ2) is 16.4. The number of hydrogen-bond acceptors (Lipinski definition) is 4. The quantitative estimate of drug-likeness (QED) is 0.135. The van der Waals surface area contributed by atoms with Crippen molar-refractivity contribution in [3.8, 4) is 0 Å². The maximum Gasteiger partial charge on any atom is 0.416 e. The Bertz CT molecular complexity index is 1790. The van der Waals surface area contributed by atoms with E-state index in [4.69, 9.17) is 23.2 Å². The number of amides is 2. The number of unbranched alkanes of at least 4 members (excludes halogenated alkanes) is 1. The number of halogens is 5. The summed E-state index contributed by atoms with van der Waals surface area (Å²) in [6, 6.07) is 23.3. The van der Waals surface area contributed by atoms with Gasteiger partial charge < -0.3 is 10.2 Å². The van der Waals surface area contributed by atoms with Gasteiger partial charge in [-0.15, -0.1) is 0 Å². The first-order valence-corrected chi connectivity index (χ1v) is 17.3. The van der Waals surface area contributed by atoms with Gasteiger partial charge in [0.15, 0.2) is 0 Å². The van der Waals surface area contributed by atoms with Gasteiger partial charge in [0, 0.05) is 35.1 Å². The largest absolute Gasteiger partial charge is 0.416 e. The monoisotopic (exact) mass is 719 g/mol. The standard InChI is InChI=1S/C35H34Cl2F3N3O4S/c1-2-3-20-41-34(45)32(21-25-12-6-4-7-13-25)42(23-29-30(36)18-11-19-31(29)37)33(44)24-43(48(46,47)28-16-8-5-9-17-28)27-15-10-14-26(22-27)35(38,39)40/h4-19,22,32H,2-3,20-21,23-24H2,1H3,(H,41,45)/t32-/m1/s1. The maximum absolute atomic E-state index is 14.5. The molecule has 254 valence electrons. The van der Waals surface area contributed by atoms with Crippen LogP contribution in [0.1, 0.15) is 36.5 Å². The lowest BCUT2D eigenvalue weighted by Gasteiger charge is -2.34. The minimum absolute atomic E-state index is 0.0433. The average molecular weight is 721 g/mol. The zero-order valence-electron chi connectivity index (χ0n) is 26.0. The number of carbonyl (C=O) groups is 2. The number of rotatable bonds is 14. The Morgan fingerprint density at radius 1 is 0.854 bits per heavy atom. The van der Waals surface area contributed by atoms with Gasteiger partial charge in [-0.25, -0.2) is 8.42 Å². The second-order valence-corrected chi connectivity index (χ2v) is 13.6. The van der Waals surface area contributed by atoms with Gasteiger partial charge in [-0.2, -0.15) is 13.2 Å². The van der Waals surface area contributed by atoms with Crippen LogP contribution < -0.4 is 9.62 Å². The minimum atomic E-state index is -4.79. The van der Waals surface area contributed by atoms with Crippen LogP contribution in [-0.2, 0) is 38.8 Å². The molecule has 4 rings (SSSR count). The van der Waals surface area contributed by atoms with Crippen LogP contribution in [0.25, 0.3) is 0 Å². The summed E-state index contributed by atoms with van der Waals surface area (Å²) in [4.78, 5) is 29.3. The molecular formula is C35H34Cl2F3N3O4S. The van der Waals surface area contributed by atoms with Crippen molar-refractivity contribution in [1.29, 1.82) is 0 Å². The maximum atomic E-state index is 14.5. The molecule has 0 aliphatic rings. The SMILES string of the molecule is CCCCNC(=O)[C@@H](Cc1ccccc1)N(Cc1c(Cl)cccc1Cl)C(=O)CN(c1cccc(C(F)(F)F)c1)S(=O)(=O)c1ccccc1. The minimum Gasteiger partial charge on any atom is -0.354 e. The van der Waals surface area contributed by atoms with Crippen LogP contribution in [0.2, 0.25) is 10.0 Å². The number of hydrogen-bond donors (Lipinski definition) is 1. The lowest BCUT2D eigenvalue weighted by Crippen LogP contribution is -2.53. The molecule has 7 nitrogen and oxygen atoms in total. The molecule has 0 unspecified atom stereocenters. The zero-order valence-corrected chi connectivity index (χ0v) is 28.3. The fourth-order valence-corrected chi connectivity index (χ4v) is 6.94. The number of nitrogens with one attached hydrogen (secondary N) is 1. The van der Waals surface area contributed by atoms with Crippen LogP contribution in [0.5, 0.6) is 0 Å². The first-order valence-electron chi connectivity index (χ1n) is 15.1. The van der Waals surface area contributed by atoms with Crippen LogP contribution >= 0.6 is 23.2 Å². The highest BCUT2D eigenvalue weighted by atomic mass is 35.5. The molecule has 0 fully saturated rings. The number of nitrogens with zero attached hydrogens (tertiary/aromatic N) is 2. The summed E-state index contributed by atoms with van der Waals surface area (Å²) in [7, 11) is -4.59. The Hall–Kier alpha value is -4.06. The summed E-state index contributed by atoms with van der Waals surface area (Å²) in [5.74, 6) is -1.37. The van der Waals surface area contributed by atoms with Gasteiger partial charge in [0.05, 0.1) is 16.1 Å². The molecule has 0 saturated heterocycles. The highest BCUT2D eigenvalue weighted by Gasteiger charge is 2.36. The van der Waals surface area contributed by atoms with E-state index in [1.54, 1.807) is 54.6 Å². The van der Waals surface area contributed by atoms with Gasteiger partial charge >= 0.3 is 6.18 Å². The summed E-state index contributed by atoms with van der Waals surface area (Å²) in [5.41, 5.74) is -0.463. The van der Waals surface area contributed by atoms with Gasteiger partial charge in [-0.3, -0.25) is 13.9 Å². The van der Waals surface area contributed by atoms with Crippen LogP contribution in [0, 0.1) is 0 Å². The Morgan fingerprint density at radius 3 is 2.06 bits per heavy atom. The molecule has 0 spiro atoms. The van der Waals surface area contributed by atoms with E-state index in [0.717, 1.165) is 18.6 Å². The highest BCUT2D eigenvalue weighted by Crippen LogP contribution is 2.34. The molecule has 4 aromatic rings. The van der Waals surface area contributed by atoms with Crippen molar-refractivity contribution in [3.63, 3.8) is 0 Å². The second-order valence-electron chi connectivity index (χ2n) is 10.9. The van der Waals surface area contributed by atoms with Gasteiger partial charge in [-0.1, -0.05) is 97.2 Å². The normalized spacial score (nSPS) is 12.3. The van der Waals surface area contributed by atoms with Crippen molar-refractivity contribution >= 4 is 50.7 Å². The third kappa shape index (κ3) is 9.30. The molecule has 1 atom stereocenters. The Kier molecular flexibility index (Phi) is 12.5. The lowest BCUT2D eigenvalue weighted by molar-refractivity contribution is -0.140. The van der Waals surface area contributed by atoms with Crippen molar-refractivity contribution in [2.24, 2.45) is 0 Å². The summed E-state index contributed by atoms with van der Waals surface area (Å²) >= 11 is 13.0.